The van der Waals surface area contributed by atoms with Crippen LogP contribution in [0.5, 0.6) is 0 Å². The van der Waals surface area contributed by atoms with E-state index in [1.54, 1.807) is 0 Å². The van der Waals surface area contributed by atoms with E-state index in [0.29, 0.717) is 0 Å². The molecule has 7 nitrogen and oxygen atoms in total. The Kier molecular flexibility index (Phi) is 20.2. The van der Waals surface area contributed by atoms with E-state index in [4.69, 9.17) is 8.83 Å². The number of fused-ring (bicyclic) bond motifs is 15. The lowest BCUT2D eigenvalue weighted by Gasteiger charge is -2.26. The number of nitrogens with zero attached hydrogens (tertiary/aromatic N) is 5. The highest BCUT2D eigenvalue weighted by Gasteiger charge is 2.27. The summed E-state index contributed by atoms with van der Waals surface area (Å²) >= 11 is 0. The summed E-state index contributed by atoms with van der Waals surface area (Å²) < 4.78 is 20.4. The number of aromatic nitrogens is 3. The van der Waals surface area contributed by atoms with E-state index >= 15 is 0 Å². The smallest absolute Gasteiger partial charge is 0.137 e. The van der Waals surface area contributed by atoms with E-state index in [9.17, 15) is 0 Å². The number of hydrogen-bond acceptors (Lipinski definition) is 4. The molecule has 10 heteroatoms. The summed E-state index contributed by atoms with van der Waals surface area (Å²) in [7, 11) is -4.51. The Bertz CT molecular complexity index is 8370. The lowest BCUT2D eigenvalue weighted by Crippen LogP contribution is -2.37. The van der Waals surface area contributed by atoms with Crippen LogP contribution >= 0.6 is 0 Å². The molecule has 0 atom stereocenters. The largest absolute Gasteiger partial charge is 0.456 e. The van der Waals surface area contributed by atoms with Gasteiger partial charge < -0.3 is 32.3 Å². The van der Waals surface area contributed by atoms with Crippen LogP contribution in [0.1, 0.15) is 0 Å². The van der Waals surface area contributed by atoms with Crippen molar-refractivity contribution in [2.75, 3.05) is 9.80 Å². The van der Waals surface area contributed by atoms with Crippen LogP contribution < -0.4 is 25.4 Å². The number of hydrogen-bond donors (Lipinski definition) is 0. The Morgan fingerprint density at radius 3 is 0.850 bits per heavy atom. The SMILES string of the molecule is C[Si](C)(C)c1ccc(-c2ccc(N(c3ccc(-c4ccc5c(c4)oc4cc([Si](C)(C)C)ccc45)cc3)c3ccc(-c4ccc5c(c4)c4ccccc4n5-c4ccccc4)cc3)cc2)cc1.C[Si](C)(C)c1cccc2c1oc1cc(N(c3ccc(-c4ccc5c(c4)c4ccccc4n5-c4ccccc4)cc3)c3ccc(-c4ccc5c(c4)c4ccccc4n5-c4ccccc4)cc3)ccc12. The van der Waals surface area contributed by atoms with Crippen molar-refractivity contribution in [3.8, 4) is 72.7 Å². The number of rotatable bonds is 17. The molecular weight excluding hydrogens is 1660 g/mol. The van der Waals surface area contributed by atoms with Crippen LogP contribution in [0.2, 0.25) is 58.9 Å². The molecule has 0 saturated heterocycles. The zero-order valence-electron chi connectivity index (χ0n) is 76.1. The molecule has 0 saturated carbocycles. The van der Waals surface area contributed by atoms with Crippen molar-refractivity contribution in [2.45, 2.75) is 58.9 Å². The van der Waals surface area contributed by atoms with Crippen LogP contribution in [0.15, 0.2) is 446 Å². The highest BCUT2D eigenvalue weighted by Crippen LogP contribution is 2.46. The van der Waals surface area contributed by atoms with Gasteiger partial charge in [-0.05, 0) is 243 Å². The Morgan fingerprint density at radius 2 is 0.459 bits per heavy atom. The van der Waals surface area contributed by atoms with Crippen LogP contribution in [-0.4, -0.2) is 37.9 Å². The van der Waals surface area contributed by atoms with E-state index in [0.717, 1.165) is 101 Å². The molecule has 0 spiro atoms. The third-order valence-corrected chi connectivity index (χ3v) is 33.1. The quantitative estimate of drug-likeness (QED) is 0.0853. The van der Waals surface area contributed by atoms with E-state index in [1.807, 2.05) is 0 Å². The minimum absolute atomic E-state index is 0.896. The Hall–Kier alpha value is -15.6. The topological polar surface area (TPSA) is 47.6 Å². The summed E-state index contributed by atoms with van der Waals surface area (Å²) in [5, 5.41) is 16.4. The summed E-state index contributed by atoms with van der Waals surface area (Å²) in [6.07, 6.45) is 0. The van der Waals surface area contributed by atoms with Gasteiger partial charge in [-0.2, -0.15) is 0 Å². The van der Waals surface area contributed by atoms with Gasteiger partial charge in [0.2, 0.25) is 0 Å². The molecule has 0 bridgehead atoms. The molecular formula is C123H99N5O2Si3. The van der Waals surface area contributed by atoms with Crippen molar-refractivity contribution in [3.05, 3.63) is 437 Å². The monoisotopic (exact) mass is 1760 g/mol. The summed E-state index contributed by atoms with van der Waals surface area (Å²) in [5.41, 5.74) is 32.8. The van der Waals surface area contributed by atoms with Crippen molar-refractivity contribution in [1.82, 2.24) is 13.7 Å². The molecule has 0 aliphatic carbocycles. The first-order valence-electron chi connectivity index (χ1n) is 46.2. The normalized spacial score (nSPS) is 12.1. The van der Waals surface area contributed by atoms with Crippen LogP contribution in [0.25, 0.3) is 182 Å². The maximum Gasteiger partial charge on any atom is 0.137 e. The van der Waals surface area contributed by atoms with Gasteiger partial charge in [0.25, 0.3) is 0 Å². The molecule has 0 unspecified atom stereocenters. The number of para-hydroxylation sites is 7. The molecule has 640 valence electrons. The van der Waals surface area contributed by atoms with Gasteiger partial charge in [-0.15, -0.1) is 0 Å². The minimum atomic E-state index is -1.66. The zero-order valence-corrected chi connectivity index (χ0v) is 79.1. The van der Waals surface area contributed by atoms with Gasteiger partial charge in [-0.25, -0.2) is 0 Å². The second-order valence-corrected chi connectivity index (χ2v) is 53.7. The molecule has 0 N–H and O–H groups in total. The fraction of sp³-hybridized carbons (Fsp3) is 0.0732. The predicted molar refractivity (Wildman–Crippen MR) is 576 cm³/mol. The fourth-order valence-electron chi connectivity index (χ4n) is 20.0. The summed E-state index contributed by atoms with van der Waals surface area (Å²) in [5.74, 6) is 0. The van der Waals surface area contributed by atoms with Gasteiger partial charge in [-0.1, -0.05) is 318 Å². The Morgan fingerprint density at radius 1 is 0.180 bits per heavy atom. The first-order valence-corrected chi connectivity index (χ1v) is 56.7. The van der Waals surface area contributed by atoms with Gasteiger partial charge in [0, 0.05) is 111 Å². The molecule has 0 radical (unpaired) electrons. The van der Waals surface area contributed by atoms with Crippen molar-refractivity contribution >= 4 is 183 Å². The lowest BCUT2D eigenvalue weighted by molar-refractivity contribution is 0.669. The number of benzene rings is 19. The molecule has 0 amide bonds. The molecule has 5 aromatic heterocycles. The predicted octanol–water partition coefficient (Wildman–Crippen LogP) is 33.4. The zero-order chi connectivity index (χ0) is 90.0. The molecule has 133 heavy (non-hydrogen) atoms. The van der Waals surface area contributed by atoms with Gasteiger partial charge >= 0.3 is 0 Å². The highest BCUT2D eigenvalue weighted by atomic mass is 28.3. The van der Waals surface area contributed by atoms with E-state index in [1.165, 1.54) is 131 Å². The maximum atomic E-state index is 6.82. The van der Waals surface area contributed by atoms with Gasteiger partial charge in [0.1, 0.15) is 22.3 Å². The first kappa shape index (κ1) is 81.9. The number of furan rings is 2. The summed E-state index contributed by atoms with van der Waals surface area (Å²) in [4.78, 5) is 4.72. The molecule has 5 heterocycles. The molecule has 0 aliphatic rings. The van der Waals surface area contributed by atoms with Crippen molar-refractivity contribution in [3.63, 3.8) is 0 Å². The van der Waals surface area contributed by atoms with Crippen LogP contribution in [0, 0.1) is 0 Å². The molecule has 0 aliphatic heterocycles. The van der Waals surface area contributed by atoms with E-state index in [2.05, 4.69) is 519 Å². The first-order chi connectivity index (χ1) is 64.8. The van der Waals surface area contributed by atoms with Crippen LogP contribution in [0.4, 0.5) is 34.1 Å². The highest BCUT2D eigenvalue weighted by molar-refractivity contribution is 6.90. The third kappa shape index (κ3) is 14.9. The van der Waals surface area contributed by atoms with Gasteiger partial charge in [-0.3, -0.25) is 0 Å². The molecule has 24 aromatic rings. The second kappa shape index (κ2) is 32.8. The van der Waals surface area contributed by atoms with Crippen molar-refractivity contribution < 1.29 is 8.83 Å². The van der Waals surface area contributed by atoms with Gasteiger partial charge in [0.15, 0.2) is 0 Å². The van der Waals surface area contributed by atoms with E-state index in [-0.39, 0.29) is 0 Å². The average molecular weight is 1760 g/mol. The second-order valence-electron chi connectivity index (χ2n) is 38.5. The molecule has 0 fully saturated rings. The van der Waals surface area contributed by atoms with Crippen molar-refractivity contribution in [1.29, 1.82) is 0 Å². The lowest BCUT2D eigenvalue weighted by atomic mass is 10.0. The van der Waals surface area contributed by atoms with Crippen LogP contribution in [0.3, 0.4) is 0 Å². The van der Waals surface area contributed by atoms with Crippen molar-refractivity contribution in [2.24, 2.45) is 0 Å². The Balaban J connectivity index is 0.000000151. The van der Waals surface area contributed by atoms with Crippen LogP contribution in [-0.2, 0) is 0 Å². The number of anilines is 6. The maximum absolute atomic E-state index is 6.82. The Labute approximate surface area is 778 Å². The third-order valence-electron chi connectivity index (χ3n) is 27.0. The standard InChI is InChI=1S/C63H47N3OSi.C60H52N2OSi2/c1-68(2,3)62-24-14-21-54-53-36-35-50(41-61(53)67-63(54)62)64(48-31-25-42(26-32-48)44-29-37-59-55(39-44)51-19-10-12-22-57(51)65(59)46-15-6-4-7-16-46)49-33-27-43(28-34-49)45-30-38-60-56(40-45)52-20-11-13-23-58(52)66(60)47-17-8-5-9-18-47;1-64(2,3)51-32-22-42(23-33-51)41-16-26-48(27-17-41)61(50-30-20-44(21-31-50)46-24-35-54-55-36-34-52(65(4,5)6)40-60(55)63-59(54)39-46)49-28-18-43(19-29-49)45-25-37-58-56(38-45)53-14-10-11-15-57(53)62(58)47-12-8-7-9-13-47/h4-41H,1-3H3;7-40H,1-6H3. The van der Waals surface area contributed by atoms with E-state index < -0.39 is 24.2 Å². The summed E-state index contributed by atoms with van der Waals surface area (Å²) in [6, 6.07) is 160. The average Bonchev–Trinajstić information content (AvgIpc) is 1.61. The van der Waals surface area contributed by atoms with Gasteiger partial charge in [0.05, 0.1) is 57.3 Å². The molecule has 24 rings (SSSR count). The molecule has 19 aromatic carbocycles. The minimum Gasteiger partial charge on any atom is -0.456 e. The fourth-order valence-corrected chi connectivity index (χ4v) is 23.8. The summed E-state index contributed by atoms with van der Waals surface area (Å²) in [6.45, 7) is 21.5.